The molecule has 3 saturated heterocycles. The standard InChI is InChI=1S/C15H17N3O2S/c19-15(17-11-8-18-5-3-10(11)4-6-18)14-2-1-13(21-14)12-7-16-9-20-12/h1-2,7,9-11H,3-6,8H2,(H,17,19). The third-order valence-corrected chi connectivity index (χ3v) is 5.58. The van der Waals surface area contributed by atoms with E-state index >= 15 is 0 Å². The predicted octanol–water partition coefficient (Wildman–Crippen LogP) is 2.23. The molecule has 1 N–H and O–H groups in total. The fraction of sp³-hybridized carbons (Fsp3) is 0.467. The highest BCUT2D eigenvalue weighted by molar-refractivity contribution is 7.17. The van der Waals surface area contributed by atoms with Crippen LogP contribution >= 0.6 is 11.3 Å². The number of amides is 1. The minimum absolute atomic E-state index is 0.0320. The van der Waals surface area contributed by atoms with Crippen LogP contribution in [0.5, 0.6) is 0 Å². The van der Waals surface area contributed by atoms with E-state index in [1.54, 1.807) is 6.20 Å². The van der Waals surface area contributed by atoms with E-state index in [4.69, 9.17) is 4.42 Å². The van der Waals surface area contributed by atoms with Crippen molar-refractivity contribution in [2.45, 2.75) is 18.9 Å². The van der Waals surface area contributed by atoms with Gasteiger partial charge in [0.1, 0.15) is 0 Å². The zero-order chi connectivity index (χ0) is 14.2. The minimum Gasteiger partial charge on any atom is -0.443 e. The first-order chi connectivity index (χ1) is 10.3. The molecule has 21 heavy (non-hydrogen) atoms. The first-order valence-electron chi connectivity index (χ1n) is 7.31. The molecule has 1 unspecified atom stereocenters. The van der Waals surface area contributed by atoms with Gasteiger partial charge in [-0.1, -0.05) is 0 Å². The number of nitrogens with one attached hydrogen (secondary N) is 1. The first-order valence-corrected chi connectivity index (χ1v) is 8.13. The van der Waals surface area contributed by atoms with Gasteiger partial charge in [0.25, 0.3) is 5.91 Å². The van der Waals surface area contributed by atoms with E-state index in [0.29, 0.717) is 17.7 Å². The summed E-state index contributed by atoms with van der Waals surface area (Å²) in [7, 11) is 0. The van der Waals surface area contributed by atoms with Crippen molar-refractivity contribution in [2.75, 3.05) is 19.6 Å². The molecule has 3 aliphatic rings. The topological polar surface area (TPSA) is 58.4 Å². The molecule has 2 bridgehead atoms. The molecule has 6 heteroatoms. The fourth-order valence-corrected chi connectivity index (χ4v) is 4.16. The van der Waals surface area contributed by atoms with Crippen molar-refractivity contribution in [3.05, 3.63) is 29.6 Å². The second-order valence-electron chi connectivity index (χ2n) is 5.75. The summed E-state index contributed by atoms with van der Waals surface area (Å²) in [6.45, 7) is 3.37. The zero-order valence-electron chi connectivity index (χ0n) is 11.6. The van der Waals surface area contributed by atoms with E-state index in [0.717, 1.165) is 16.3 Å². The monoisotopic (exact) mass is 303 g/mol. The highest BCUT2D eigenvalue weighted by Crippen LogP contribution is 2.30. The largest absolute Gasteiger partial charge is 0.443 e. The highest BCUT2D eigenvalue weighted by atomic mass is 32.1. The third kappa shape index (κ3) is 2.49. The molecule has 2 aromatic heterocycles. The highest BCUT2D eigenvalue weighted by Gasteiger charge is 2.35. The molecule has 0 aliphatic carbocycles. The Hall–Kier alpha value is -1.66. The molecule has 3 fully saturated rings. The first kappa shape index (κ1) is 13.0. The van der Waals surface area contributed by atoms with Crippen LogP contribution in [0.15, 0.2) is 29.1 Å². The second-order valence-corrected chi connectivity index (χ2v) is 6.83. The van der Waals surface area contributed by atoms with Gasteiger partial charge in [0.2, 0.25) is 0 Å². The summed E-state index contributed by atoms with van der Waals surface area (Å²) in [4.78, 5) is 20.4. The van der Waals surface area contributed by atoms with E-state index in [9.17, 15) is 4.79 Å². The van der Waals surface area contributed by atoms with Crippen LogP contribution in [0.1, 0.15) is 22.5 Å². The number of fused-ring (bicyclic) bond motifs is 3. The maximum atomic E-state index is 12.4. The SMILES string of the molecule is O=C(NC1CN2CCC1CC2)c1ccc(-c2cnco2)s1. The Kier molecular flexibility index (Phi) is 3.27. The summed E-state index contributed by atoms with van der Waals surface area (Å²) in [5, 5.41) is 3.21. The number of aromatic nitrogens is 1. The van der Waals surface area contributed by atoms with Gasteiger partial charge in [-0.25, -0.2) is 4.98 Å². The van der Waals surface area contributed by atoms with E-state index in [-0.39, 0.29) is 5.91 Å². The molecule has 110 valence electrons. The summed E-state index contributed by atoms with van der Waals surface area (Å²) in [6, 6.07) is 4.08. The van der Waals surface area contributed by atoms with Crippen molar-refractivity contribution in [3.63, 3.8) is 0 Å². The van der Waals surface area contributed by atoms with Gasteiger partial charge in [-0.05, 0) is 44.0 Å². The van der Waals surface area contributed by atoms with Crippen LogP contribution in [-0.4, -0.2) is 41.5 Å². The Morgan fingerprint density at radius 3 is 2.90 bits per heavy atom. The van der Waals surface area contributed by atoms with Gasteiger partial charge in [-0.2, -0.15) is 0 Å². The van der Waals surface area contributed by atoms with E-state index in [1.165, 1.54) is 43.7 Å². The molecule has 0 aromatic carbocycles. The number of thiophene rings is 1. The Balaban J connectivity index is 1.46. The van der Waals surface area contributed by atoms with Crippen LogP contribution < -0.4 is 5.32 Å². The van der Waals surface area contributed by atoms with Crippen molar-refractivity contribution >= 4 is 17.2 Å². The molecular formula is C15H17N3O2S. The smallest absolute Gasteiger partial charge is 0.261 e. The van der Waals surface area contributed by atoms with E-state index in [1.807, 2.05) is 12.1 Å². The van der Waals surface area contributed by atoms with Gasteiger partial charge in [0.05, 0.1) is 16.0 Å². The van der Waals surface area contributed by atoms with Gasteiger partial charge in [-0.3, -0.25) is 4.79 Å². The maximum absolute atomic E-state index is 12.4. The van der Waals surface area contributed by atoms with Gasteiger partial charge < -0.3 is 14.6 Å². The molecule has 0 radical (unpaired) electrons. The van der Waals surface area contributed by atoms with Crippen LogP contribution in [0.3, 0.4) is 0 Å². The average Bonchev–Trinajstić information content (AvgIpc) is 3.20. The average molecular weight is 303 g/mol. The quantitative estimate of drug-likeness (QED) is 0.944. The van der Waals surface area contributed by atoms with Crippen LogP contribution in [0, 0.1) is 5.92 Å². The number of nitrogens with zero attached hydrogens (tertiary/aromatic N) is 2. The summed E-state index contributed by atoms with van der Waals surface area (Å²) >= 11 is 1.45. The van der Waals surface area contributed by atoms with Crippen molar-refractivity contribution in [3.8, 4) is 10.6 Å². The van der Waals surface area contributed by atoms with E-state index < -0.39 is 0 Å². The van der Waals surface area contributed by atoms with E-state index in [2.05, 4.69) is 15.2 Å². The van der Waals surface area contributed by atoms with Crippen LogP contribution in [-0.2, 0) is 0 Å². The lowest BCUT2D eigenvalue weighted by Crippen LogP contribution is -2.57. The molecular weight excluding hydrogens is 286 g/mol. The normalized spacial score (nSPS) is 27.7. The number of rotatable bonds is 3. The number of hydrogen-bond donors (Lipinski definition) is 1. The van der Waals surface area contributed by atoms with Crippen molar-refractivity contribution in [2.24, 2.45) is 5.92 Å². The van der Waals surface area contributed by atoms with Crippen molar-refractivity contribution < 1.29 is 9.21 Å². The lowest BCUT2D eigenvalue weighted by atomic mass is 9.84. The molecule has 5 heterocycles. The summed E-state index contributed by atoms with van der Waals surface area (Å²) in [6.07, 6.45) is 5.49. The number of carbonyl (C=O) groups excluding carboxylic acids is 1. The lowest BCUT2D eigenvalue weighted by Gasteiger charge is -2.44. The minimum atomic E-state index is 0.0320. The number of hydrogen-bond acceptors (Lipinski definition) is 5. The fourth-order valence-electron chi connectivity index (χ4n) is 3.30. The zero-order valence-corrected chi connectivity index (χ0v) is 12.4. The van der Waals surface area contributed by atoms with Gasteiger partial charge in [0, 0.05) is 12.6 Å². The second kappa shape index (κ2) is 5.27. The Morgan fingerprint density at radius 2 is 2.24 bits per heavy atom. The molecule has 0 spiro atoms. The number of oxazole rings is 1. The van der Waals surface area contributed by atoms with Gasteiger partial charge >= 0.3 is 0 Å². The molecule has 0 saturated carbocycles. The Labute approximate surface area is 127 Å². The predicted molar refractivity (Wildman–Crippen MR) is 80.2 cm³/mol. The van der Waals surface area contributed by atoms with Crippen LogP contribution in [0.2, 0.25) is 0 Å². The summed E-state index contributed by atoms with van der Waals surface area (Å²) in [5.41, 5.74) is 0. The number of carbonyl (C=O) groups is 1. The summed E-state index contributed by atoms with van der Waals surface area (Å²) < 4.78 is 5.26. The van der Waals surface area contributed by atoms with Gasteiger partial charge in [-0.15, -0.1) is 11.3 Å². The lowest BCUT2D eigenvalue weighted by molar-refractivity contribution is 0.0622. The molecule has 3 aliphatic heterocycles. The number of piperidine rings is 3. The van der Waals surface area contributed by atoms with Crippen molar-refractivity contribution in [1.29, 1.82) is 0 Å². The maximum Gasteiger partial charge on any atom is 0.261 e. The van der Waals surface area contributed by atoms with Crippen LogP contribution in [0.25, 0.3) is 10.6 Å². The molecule has 5 rings (SSSR count). The molecule has 2 aromatic rings. The third-order valence-electron chi connectivity index (χ3n) is 4.48. The molecule has 1 atom stereocenters. The summed E-state index contributed by atoms with van der Waals surface area (Å²) in [5.74, 6) is 1.39. The molecule has 1 amide bonds. The Morgan fingerprint density at radius 1 is 1.38 bits per heavy atom. The molecule has 5 nitrogen and oxygen atoms in total. The Bertz CT molecular complexity index is 629. The van der Waals surface area contributed by atoms with Crippen LogP contribution in [0.4, 0.5) is 0 Å². The van der Waals surface area contributed by atoms with Gasteiger partial charge in [0.15, 0.2) is 12.2 Å². The van der Waals surface area contributed by atoms with Crippen molar-refractivity contribution in [1.82, 2.24) is 15.2 Å².